The van der Waals surface area contributed by atoms with Crippen LogP contribution in [0.3, 0.4) is 0 Å². The molecular weight excluding hydrogens is 229 g/mol. The van der Waals surface area contributed by atoms with Gasteiger partial charge in [-0.25, -0.2) is 13.3 Å². The standard InChI is InChI=1S/C8H10N2O.Y/c1-4-7-6(2)9-5-10(3)8(7)11;/h5H,1-2,4H2,3H3;/q-2;. The minimum absolute atomic E-state index is 0. The molecule has 1 aromatic rings. The fourth-order valence-corrected chi connectivity index (χ4v) is 0.874. The molecule has 12 heavy (non-hydrogen) atoms. The molecule has 0 fully saturated rings. The molecule has 1 heterocycles. The van der Waals surface area contributed by atoms with Gasteiger partial charge in [0, 0.05) is 39.8 Å². The average Bonchev–Trinajstić information content (AvgIpc) is 1.99. The van der Waals surface area contributed by atoms with E-state index in [1.54, 1.807) is 7.05 Å². The van der Waals surface area contributed by atoms with Gasteiger partial charge in [-0.2, -0.15) is 0 Å². The quantitative estimate of drug-likeness (QED) is 0.662. The van der Waals surface area contributed by atoms with Crippen LogP contribution in [0.2, 0.25) is 0 Å². The van der Waals surface area contributed by atoms with Gasteiger partial charge < -0.3 is 11.5 Å². The van der Waals surface area contributed by atoms with E-state index in [2.05, 4.69) is 18.8 Å². The number of hydrogen-bond acceptors (Lipinski definition) is 2. The van der Waals surface area contributed by atoms with Crippen LogP contribution in [0, 0.1) is 13.8 Å². The molecule has 1 radical (unpaired) electrons. The van der Waals surface area contributed by atoms with Crippen LogP contribution in [0.1, 0.15) is 11.3 Å². The number of aromatic nitrogens is 2. The normalized spacial score (nSPS) is 9.17. The third-order valence-electron chi connectivity index (χ3n) is 1.56. The van der Waals surface area contributed by atoms with Crippen molar-refractivity contribution in [3.05, 3.63) is 41.8 Å². The zero-order valence-electron chi connectivity index (χ0n) is 7.08. The van der Waals surface area contributed by atoms with Gasteiger partial charge in [0.2, 0.25) is 0 Å². The third-order valence-corrected chi connectivity index (χ3v) is 1.56. The first-order chi connectivity index (χ1) is 5.16. The molecule has 0 unspecified atom stereocenters. The Morgan fingerprint density at radius 2 is 2.25 bits per heavy atom. The number of rotatable bonds is 1. The molecule has 63 valence electrons. The van der Waals surface area contributed by atoms with Crippen molar-refractivity contribution in [2.45, 2.75) is 6.42 Å². The van der Waals surface area contributed by atoms with E-state index >= 15 is 0 Å². The molecule has 3 nitrogen and oxygen atoms in total. The van der Waals surface area contributed by atoms with E-state index in [0.29, 0.717) is 17.7 Å². The molecule has 0 saturated carbocycles. The minimum atomic E-state index is -0.0556. The van der Waals surface area contributed by atoms with Crippen molar-refractivity contribution in [1.29, 1.82) is 0 Å². The van der Waals surface area contributed by atoms with Gasteiger partial charge in [-0.1, -0.05) is 5.69 Å². The van der Waals surface area contributed by atoms with Crippen molar-refractivity contribution in [1.82, 2.24) is 9.55 Å². The van der Waals surface area contributed by atoms with Gasteiger partial charge in [-0.3, -0.25) is 9.78 Å². The fraction of sp³-hybridized carbons (Fsp3) is 0.250. The molecule has 0 aliphatic heterocycles. The predicted molar refractivity (Wildman–Crippen MR) is 43.0 cm³/mol. The average molecular weight is 239 g/mol. The molecular formula is C8H10N2OY-2. The van der Waals surface area contributed by atoms with Crippen LogP contribution in [-0.4, -0.2) is 9.55 Å². The van der Waals surface area contributed by atoms with Crippen molar-refractivity contribution in [2.24, 2.45) is 7.05 Å². The molecule has 0 bridgehead atoms. The first-order valence-corrected chi connectivity index (χ1v) is 3.32. The van der Waals surface area contributed by atoms with Crippen LogP contribution in [0.25, 0.3) is 0 Å². The monoisotopic (exact) mass is 239 g/mol. The van der Waals surface area contributed by atoms with Gasteiger partial charge in [0.15, 0.2) is 5.56 Å². The first-order valence-electron chi connectivity index (χ1n) is 3.32. The Morgan fingerprint density at radius 3 is 2.67 bits per heavy atom. The smallest absolute Gasteiger partial charge is 0.172 e. The van der Waals surface area contributed by atoms with Crippen LogP contribution in [-0.2, 0) is 46.2 Å². The molecule has 0 saturated heterocycles. The maximum absolute atomic E-state index is 11.3. The SMILES string of the molecule is [CH2-]Cc1c([CH2-])ncn(C)c1=O.[Y]. The van der Waals surface area contributed by atoms with Crippen molar-refractivity contribution >= 4 is 0 Å². The number of aryl methyl sites for hydroxylation is 1. The summed E-state index contributed by atoms with van der Waals surface area (Å²) >= 11 is 0. The molecule has 0 amide bonds. The van der Waals surface area contributed by atoms with Crippen LogP contribution in [0.4, 0.5) is 0 Å². The molecule has 4 heteroatoms. The maximum Gasteiger partial charge on any atom is 0.172 e. The van der Waals surface area contributed by atoms with Crippen LogP contribution in [0.15, 0.2) is 11.1 Å². The largest absolute Gasteiger partial charge is 0.355 e. The second-order valence-corrected chi connectivity index (χ2v) is 2.34. The van der Waals surface area contributed by atoms with E-state index in [4.69, 9.17) is 0 Å². The van der Waals surface area contributed by atoms with E-state index < -0.39 is 0 Å². The summed E-state index contributed by atoms with van der Waals surface area (Å²) in [5.41, 5.74) is 1.07. The molecule has 1 aromatic heterocycles. The van der Waals surface area contributed by atoms with Crippen LogP contribution < -0.4 is 5.56 Å². The topological polar surface area (TPSA) is 34.9 Å². The Labute approximate surface area is 97.1 Å². The van der Waals surface area contributed by atoms with Gasteiger partial charge in [0.1, 0.15) is 0 Å². The summed E-state index contributed by atoms with van der Waals surface area (Å²) in [6.07, 6.45) is 1.91. The van der Waals surface area contributed by atoms with Crippen molar-refractivity contribution in [2.75, 3.05) is 0 Å². The van der Waals surface area contributed by atoms with Crippen molar-refractivity contribution in [3.63, 3.8) is 0 Å². The molecule has 0 aliphatic carbocycles. The molecule has 0 aliphatic rings. The summed E-state index contributed by atoms with van der Waals surface area (Å²) in [7, 11) is 1.66. The van der Waals surface area contributed by atoms with Gasteiger partial charge >= 0.3 is 0 Å². The van der Waals surface area contributed by atoms with E-state index in [0.717, 1.165) is 0 Å². The summed E-state index contributed by atoms with van der Waals surface area (Å²) < 4.78 is 1.43. The maximum atomic E-state index is 11.3. The summed E-state index contributed by atoms with van der Waals surface area (Å²) in [5.74, 6) is 0. The molecule has 0 atom stereocenters. The van der Waals surface area contributed by atoms with Crippen molar-refractivity contribution < 1.29 is 32.7 Å². The summed E-state index contributed by atoms with van der Waals surface area (Å²) in [6.45, 7) is 7.25. The van der Waals surface area contributed by atoms with E-state index in [9.17, 15) is 4.79 Å². The van der Waals surface area contributed by atoms with Crippen LogP contribution in [0.5, 0.6) is 0 Å². The first kappa shape index (κ1) is 11.9. The van der Waals surface area contributed by atoms with Crippen molar-refractivity contribution in [3.8, 4) is 0 Å². The second kappa shape index (κ2) is 4.78. The zero-order valence-corrected chi connectivity index (χ0v) is 9.92. The predicted octanol–water partition coefficient (Wildman–Crippen LogP) is 0.337. The summed E-state index contributed by atoms with van der Waals surface area (Å²) in [6, 6.07) is 0. The van der Waals surface area contributed by atoms with E-state index in [1.165, 1.54) is 10.9 Å². The van der Waals surface area contributed by atoms with Gasteiger partial charge in [-0.15, -0.1) is 5.56 Å². The Balaban J connectivity index is 0.00000121. The Kier molecular flexibility index (Phi) is 4.72. The van der Waals surface area contributed by atoms with Gasteiger partial charge in [0.25, 0.3) is 0 Å². The fourth-order valence-electron chi connectivity index (χ4n) is 0.874. The number of nitrogens with zero attached hydrogens (tertiary/aromatic N) is 2. The third kappa shape index (κ3) is 2.17. The zero-order chi connectivity index (χ0) is 8.43. The summed E-state index contributed by atoms with van der Waals surface area (Å²) in [5, 5.41) is 0. The number of hydrogen-bond donors (Lipinski definition) is 0. The van der Waals surface area contributed by atoms with E-state index in [-0.39, 0.29) is 38.3 Å². The molecule has 0 spiro atoms. The Morgan fingerprint density at radius 1 is 1.67 bits per heavy atom. The molecule has 1 rings (SSSR count). The second-order valence-electron chi connectivity index (χ2n) is 2.34. The van der Waals surface area contributed by atoms with Gasteiger partial charge in [-0.05, 0) is 0 Å². The Hall–Kier alpha value is -0.146. The summed E-state index contributed by atoms with van der Waals surface area (Å²) in [4.78, 5) is 15.2. The minimum Gasteiger partial charge on any atom is -0.355 e. The van der Waals surface area contributed by atoms with E-state index in [1.807, 2.05) is 0 Å². The molecule has 0 aromatic carbocycles. The molecule has 0 N–H and O–H groups in total. The van der Waals surface area contributed by atoms with Gasteiger partial charge in [0.05, 0.1) is 6.33 Å². The van der Waals surface area contributed by atoms with Crippen LogP contribution >= 0.6 is 0 Å². The Bertz CT molecular complexity index is 319.